The summed E-state index contributed by atoms with van der Waals surface area (Å²) in [4.78, 5) is 26.7. The third kappa shape index (κ3) is 3.91. The highest BCUT2D eigenvalue weighted by Crippen LogP contribution is 2.09. The molecule has 0 unspecified atom stereocenters. The third-order valence-corrected chi connectivity index (χ3v) is 3.89. The van der Waals surface area contributed by atoms with E-state index in [-0.39, 0.29) is 17.3 Å². The third-order valence-electron chi connectivity index (χ3n) is 3.36. The Bertz CT molecular complexity index is 1040. The molecule has 0 aliphatic carbocycles. The molecule has 3 rings (SSSR count). The summed E-state index contributed by atoms with van der Waals surface area (Å²) in [6, 6.07) is 8.99. The van der Waals surface area contributed by atoms with Gasteiger partial charge >= 0.3 is 0 Å². The molecule has 132 valence electrons. The number of aryl methyl sites for hydroxylation is 2. The molecule has 0 saturated carbocycles. The van der Waals surface area contributed by atoms with Crippen molar-refractivity contribution in [2.45, 2.75) is 13.8 Å². The number of hydrogen-bond donors (Lipinski definition) is 2. The minimum Gasteiger partial charge on any atom is -0.288 e. The Morgan fingerprint density at radius 2 is 2.00 bits per heavy atom. The highest BCUT2D eigenvalue weighted by atomic mass is 79.9. The zero-order chi connectivity index (χ0) is 18.7. The van der Waals surface area contributed by atoms with Gasteiger partial charge in [0.1, 0.15) is 11.4 Å². The van der Waals surface area contributed by atoms with Crippen LogP contribution in [0.3, 0.4) is 0 Å². The summed E-state index contributed by atoms with van der Waals surface area (Å²) in [6.07, 6.45) is 1.52. The van der Waals surface area contributed by atoms with Gasteiger partial charge in [-0.1, -0.05) is 28.1 Å². The number of hydrazone groups is 1. The quantitative estimate of drug-likeness (QED) is 0.494. The van der Waals surface area contributed by atoms with Crippen molar-refractivity contribution in [2.24, 2.45) is 5.10 Å². The van der Waals surface area contributed by atoms with Crippen LogP contribution in [0.1, 0.15) is 27.4 Å². The molecule has 0 saturated heterocycles. The summed E-state index contributed by atoms with van der Waals surface area (Å²) in [6.45, 7) is 3.26. The number of nitrogens with one attached hydrogen (secondary N) is 2. The first-order chi connectivity index (χ1) is 12.4. The van der Waals surface area contributed by atoms with Gasteiger partial charge in [0.15, 0.2) is 0 Å². The predicted molar refractivity (Wildman–Crippen MR) is 98.5 cm³/mol. The molecule has 0 spiro atoms. The van der Waals surface area contributed by atoms with Gasteiger partial charge in [0.25, 0.3) is 17.4 Å². The molecule has 0 bridgehead atoms. The molecule has 0 aliphatic rings. The molecule has 1 aromatic carbocycles. The van der Waals surface area contributed by atoms with Crippen molar-refractivity contribution in [3.63, 3.8) is 0 Å². The highest BCUT2D eigenvalue weighted by molar-refractivity contribution is 9.10. The number of aromatic amines is 1. The van der Waals surface area contributed by atoms with Crippen molar-refractivity contribution < 1.29 is 4.79 Å². The van der Waals surface area contributed by atoms with Crippen molar-refractivity contribution in [3.8, 4) is 5.95 Å². The van der Waals surface area contributed by atoms with E-state index in [1.165, 1.54) is 17.8 Å². The topological polar surface area (TPSA) is 118 Å². The standard InChI is InChI=1S/C16H14BrN7O2/c1-9-7-13(24(23-9)16-19-14(25)10(2)20-22-16)15(26)21-18-8-11-3-5-12(17)6-4-11/h3-8H,1-2H3,(H,21,26)(H,19,22,25)/b18-8-. The minimum atomic E-state index is -0.498. The predicted octanol–water partition coefficient (Wildman–Crippen LogP) is 1.49. The molecule has 26 heavy (non-hydrogen) atoms. The van der Waals surface area contributed by atoms with E-state index in [1.807, 2.05) is 24.3 Å². The van der Waals surface area contributed by atoms with E-state index in [9.17, 15) is 9.59 Å². The van der Waals surface area contributed by atoms with Crippen LogP contribution in [0.4, 0.5) is 0 Å². The lowest BCUT2D eigenvalue weighted by molar-refractivity contribution is 0.0947. The Balaban J connectivity index is 1.82. The normalized spacial score (nSPS) is 11.0. The number of amides is 1. The number of benzene rings is 1. The molecule has 0 fully saturated rings. The van der Waals surface area contributed by atoms with Gasteiger partial charge in [0.05, 0.1) is 11.9 Å². The SMILES string of the molecule is Cc1cc(C(=O)N/N=C\c2ccc(Br)cc2)n(-c2nnc(C)c(=O)[nH]2)n1. The lowest BCUT2D eigenvalue weighted by Crippen LogP contribution is -2.24. The molecule has 0 radical (unpaired) electrons. The van der Waals surface area contributed by atoms with Crippen LogP contribution in [0.25, 0.3) is 5.95 Å². The van der Waals surface area contributed by atoms with Crippen molar-refractivity contribution in [1.82, 2.24) is 30.4 Å². The van der Waals surface area contributed by atoms with Gasteiger partial charge in [-0.2, -0.15) is 14.9 Å². The number of hydrogen-bond acceptors (Lipinski definition) is 6. The Kier molecular flexibility index (Phi) is 5.03. The molecule has 10 heteroatoms. The summed E-state index contributed by atoms with van der Waals surface area (Å²) in [5, 5.41) is 15.7. The second kappa shape index (κ2) is 7.40. The zero-order valence-electron chi connectivity index (χ0n) is 13.9. The number of rotatable bonds is 4. The smallest absolute Gasteiger partial charge is 0.288 e. The lowest BCUT2D eigenvalue weighted by atomic mass is 10.2. The molecule has 0 atom stereocenters. The average Bonchev–Trinajstić information content (AvgIpc) is 3.01. The maximum atomic E-state index is 12.4. The number of halogens is 1. The zero-order valence-corrected chi connectivity index (χ0v) is 15.5. The van der Waals surface area contributed by atoms with E-state index in [0.717, 1.165) is 10.0 Å². The van der Waals surface area contributed by atoms with E-state index in [4.69, 9.17) is 0 Å². The molecular weight excluding hydrogens is 402 g/mol. The van der Waals surface area contributed by atoms with Crippen molar-refractivity contribution in [2.75, 3.05) is 0 Å². The Hall–Kier alpha value is -3.14. The fourth-order valence-electron chi connectivity index (χ4n) is 2.07. The van der Waals surface area contributed by atoms with Crippen LogP contribution in [-0.2, 0) is 0 Å². The van der Waals surface area contributed by atoms with Crippen molar-refractivity contribution in [3.05, 3.63) is 67.8 Å². The summed E-state index contributed by atoms with van der Waals surface area (Å²) in [7, 11) is 0. The van der Waals surface area contributed by atoms with E-state index >= 15 is 0 Å². The summed E-state index contributed by atoms with van der Waals surface area (Å²) >= 11 is 3.35. The molecule has 2 N–H and O–H groups in total. The van der Waals surface area contributed by atoms with E-state index < -0.39 is 11.5 Å². The largest absolute Gasteiger partial charge is 0.290 e. The molecule has 0 aliphatic heterocycles. The highest BCUT2D eigenvalue weighted by Gasteiger charge is 2.17. The number of nitrogens with zero attached hydrogens (tertiary/aromatic N) is 5. The molecule has 9 nitrogen and oxygen atoms in total. The summed E-state index contributed by atoms with van der Waals surface area (Å²) < 4.78 is 2.17. The summed E-state index contributed by atoms with van der Waals surface area (Å²) in [5.41, 5.74) is 3.83. The number of H-pyrrole nitrogens is 1. The minimum absolute atomic E-state index is 0.0516. The van der Waals surface area contributed by atoms with E-state index in [0.29, 0.717) is 5.69 Å². The first-order valence-corrected chi connectivity index (χ1v) is 8.33. The second-order valence-electron chi connectivity index (χ2n) is 5.40. The van der Waals surface area contributed by atoms with Crippen LogP contribution in [0.5, 0.6) is 0 Å². The van der Waals surface area contributed by atoms with Crippen LogP contribution in [0.15, 0.2) is 44.7 Å². The average molecular weight is 416 g/mol. The first-order valence-electron chi connectivity index (χ1n) is 7.53. The fraction of sp³-hybridized carbons (Fsp3) is 0.125. The molecule has 3 aromatic rings. The molecular formula is C16H14BrN7O2. The van der Waals surface area contributed by atoms with Crippen LogP contribution in [0.2, 0.25) is 0 Å². The van der Waals surface area contributed by atoms with Crippen LogP contribution in [0, 0.1) is 13.8 Å². The number of carbonyl (C=O) groups excluding carboxylic acids is 1. The van der Waals surface area contributed by atoms with E-state index in [1.54, 1.807) is 13.0 Å². The van der Waals surface area contributed by atoms with Gasteiger partial charge in [-0.3, -0.25) is 14.6 Å². The van der Waals surface area contributed by atoms with Gasteiger partial charge in [-0.25, -0.2) is 5.43 Å². The van der Waals surface area contributed by atoms with Gasteiger partial charge in [0, 0.05) is 4.47 Å². The fourth-order valence-corrected chi connectivity index (χ4v) is 2.34. The first kappa shape index (κ1) is 17.7. The lowest BCUT2D eigenvalue weighted by Gasteiger charge is -2.04. The van der Waals surface area contributed by atoms with Gasteiger partial charge in [-0.05, 0) is 37.6 Å². The van der Waals surface area contributed by atoms with Crippen molar-refractivity contribution >= 4 is 28.1 Å². The Labute approximate surface area is 156 Å². The van der Waals surface area contributed by atoms with Crippen molar-refractivity contribution in [1.29, 1.82) is 0 Å². The monoisotopic (exact) mass is 415 g/mol. The molecule has 2 heterocycles. The maximum Gasteiger partial charge on any atom is 0.290 e. The summed E-state index contributed by atoms with van der Waals surface area (Å²) in [5.74, 6) is -0.446. The van der Waals surface area contributed by atoms with Gasteiger partial charge in [-0.15, -0.1) is 10.2 Å². The van der Waals surface area contributed by atoms with Crippen LogP contribution < -0.4 is 11.0 Å². The van der Waals surface area contributed by atoms with Crippen LogP contribution >= 0.6 is 15.9 Å². The second-order valence-corrected chi connectivity index (χ2v) is 6.31. The molecule has 2 aromatic heterocycles. The number of carbonyl (C=O) groups is 1. The Morgan fingerprint density at radius 1 is 1.27 bits per heavy atom. The Morgan fingerprint density at radius 3 is 2.69 bits per heavy atom. The number of aromatic nitrogens is 5. The maximum absolute atomic E-state index is 12.4. The molecule has 1 amide bonds. The van der Waals surface area contributed by atoms with Crippen LogP contribution in [-0.4, -0.2) is 37.1 Å². The van der Waals surface area contributed by atoms with Gasteiger partial charge in [0.2, 0.25) is 0 Å². The van der Waals surface area contributed by atoms with Gasteiger partial charge < -0.3 is 0 Å². The van der Waals surface area contributed by atoms with E-state index in [2.05, 4.69) is 46.7 Å².